The quantitative estimate of drug-likeness (QED) is 0.407. The van der Waals surface area contributed by atoms with E-state index in [0.717, 1.165) is 84.3 Å². The molecule has 0 saturated carbocycles. The molecule has 1 aromatic heterocycles. The van der Waals surface area contributed by atoms with Gasteiger partial charge in [0.1, 0.15) is 11.5 Å². The van der Waals surface area contributed by atoms with E-state index in [4.69, 9.17) is 9.47 Å². The van der Waals surface area contributed by atoms with E-state index in [9.17, 15) is 4.79 Å². The number of H-pyrrole nitrogens is 1. The molecule has 0 amide bonds. The van der Waals surface area contributed by atoms with Gasteiger partial charge in [-0.15, -0.1) is 0 Å². The van der Waals surface area contributed by atoms with Crippen molar-refractivity contribution >= 4 is 11.4 Å². The molecule has 0 unspecified atom stereocenters. The summed E-state index contributed by atoms with van der Waals surface area (Å²) >= 11 is 0. The van der Waals surface area contributed by atoms with E-state index < -0.39 is 0 Å². The minimum absolute atomic E-state index is 0.113. The Morgan fingerprint density at radius 1 is 1.06 bits per heavy atom. The summed E-state index contributed by atoms with van der Waals surface area (Å²) in [6.45, 7) is 4.91. The molecule has 2 aliphatic heterocycles. The average Bonchev–Trinajstić information content (AvgIpc) is 2.85. The largest absolute Gasteiger partial charge is 0.456 e. The van der Waals surface area contributed by atoms with Gasteiger partial charge in [-0.25, -0.2) is 0 Å². The van der Waals surface area contributed by atoms with E-state index in [1.807, 2.05) is 24.3 Å². The number of nitrogens with zero attached hydrogens (tertiary/aromatic N) is 2. The van der Waals surface area contributed by atoms with Crippen LogP contribution in [0.4, 0.5) is 11.4 Å². The number of aromatic amines is 1. The van der Waals surface area contributed by atoms with Crippen LogP contribution in [-0.2, 0) is 11.2 Å². The topological polar surface area (TPSA) is 69.8 Å². The highest BCUT2D eigenvalue weighted by Gasteiger charge is 2.22. The number of hydrogen-bond acceptors (Lipinski definition) is 6. The normalized spacial score (nSPS) is 15.0. The van der Waals surface area contributed by atoms with Crippen LogP contribution in [0.2, 0.25) is 0 Å². The van der Waals surface area contributed by atoms with Crippen molar-refractivity contribution in [3.8, 4) is 22.8 Å². The van der Waals surface area contributed by atoms with Crippen LogP contribution < -0.4 is 20.5 Å². The monoisotopic (exact) mass is 460 g/mol. The lowest BCUT2D eigenvalue weighted by atomic mass is 9.96. The zero-order valence-electron chi connectivity index (χ0n) is 19.9. The van der Waals surface area contributed by atoms with E-state index >= 15 is 0 Å². The molecular weight excluding hydrogens is 428 g/mol. The van der Waals surface area contributed by atoms with Crippen LogP contribution in [0.15, 0.2) is 53.3 Å². The van der Waals surface area contributed by atoms with Crippen LogP contribution in [-0.4, -0.2) is 63.4 Å². The van der Waals surface area contributed by atoms with Gasteiger partial charge in [-0.3, -0.25) is 4.79 Å². The Labute approximate surface area is 200 Å². The summed E-state index contributed by atoms with van der Waals surface area (Å²) in [5.41, 5.74) is 5.88. The Hall–Kier alpha value is -3.29. The fraction of sp³-hybridized carbons (Fsp3) is 0.370. The average molecular weight is 461 g/mol. The minimum Gasteiger partial charge on any atom is -0.456 e. The van der Waals surface area contributed by atoms with Gasteiger partial charge in [-0.05, 0) is 63.0 Å². The van der Waals surface area contributed by atoms with Gasteiger partial charge < -0.3 is 29.6 Å². The molecule has 0 spiro atoms. The van der Waals surface area contributed by atoms with Gasteiger partial charge >= 0.3 is 0 Å². The zero-order chi connectivity index (χ0) is 23.5. The maximum atomic E-state index is 12.5. The van der Waals surface area contributed by atoms with Crippen molar-refractivity contribution < 1.29 is 9.47 Å². The molecule has 0 bridgehead atoms. The molecule has 0 radical (unpaired) electrons. The van der Waals surface area contributed by atoms with Crippen molar-refractivity contribution in [1.29, 1.82) is 0 Å². The third kappa shape index (κ3) is 4.95. The van der Waals surface area contributed by atoms with E-state index in [1.54, 1.807) is 6.07 Å². The highest BCUT2D eigenvalue weighted by atomic mass is 16.5. The molecule has 3 heterocycles. The summed E-state index contributed by atoms with van der Waals surface area (Å²) in [5.74, 6) is 1.68. The highest BCUT2D eigenvalue weighted by Crippen LogP contribution is 2.43. The lowest BCUT2D eigenvalue weighted by Crippen LogP contribution is -2.36. The molecule has 5 rings (SSSR count). The van der Waals surface area contributed by atoms with Crippen molar-refractivity contribution in [3.05, 3.63) is 70.0 Å². The van der Waals surface area contributed by atoms with E-state index in [2.05, 4.69) is 52.4 Å². The number of para-hydroxylation sites is 1. The highest BCUT2D eigenvalue weighted by molar-refractivity contribution is 5.74. The molecule has 0 aliphatic carbocycles. The van der Waals surface area contributed by atoms with Gasteiger partial charge in [0.15, 0.2) is 0 Å². The Kier molecular flexibility index (Phi) is 6.56. The predicted molar refractivity (Wildman–Crippen MR) is 137 cm³/mol. The molecule has 178 valence electrons. The van der Waals surface area contributed by atoms with Crippen molar-refractivity contribution in [1.82, 2.24) is 9.88 Å². The Morgan fingerprint density at radius 3 is 2.74 bits per heavy atom. The lowest BCUT2D eigenvalue weighted by Gasteiger charge is -2.29. The number of nitrogens with one attached hydrogen (secondary N) is 2. The number of fused-ring (bicyclic) bond motifs is 2. The first-order valence-electron chi connectivity index (χ1n) is 12.0. The van der Waals surface area contributed by atoms with Gasteiger partial charge in [-0.1, -0.05) is 12.1 Å². The van der Waals surface area contributed by atoms with Crippen molar-refractivity contribution in [2.24, 2.45) is 0 Å². The SMILES string of the molecule is CN(C)CCCNc1ccc2c(c1)Cc1cccc(-c3cc(N4CCOCC4)cc(=O)[nH]3)c1O2. The first-order valence-corrected chi connectivity index (χ1v) is 12.0. The Morgan fingerprint density at radius 2 is 1.91 bits per heavy atom. The Balaban J connectivity index is 1.39. The molecule has 2 aliphatic rings. The number of morpholine rings is 1. The van der Waals surface area contributed by atoms with Crippen molar-refractivity contribution in [2.75, 3.05) is 63.7 Å². The summed E-state index contributed by atoms with van der Waals surface area (Å²) in [6.07, 6.45) is 1.88. The molecule has 7 nitrogen and oxygen atoms in total. The third-order valence-electron chi connectivity index (χ3n) is 6.36. The second-order valence-electron chi connectivity index (χ2n) is 9.19. The molecule has 3 aromatic rings. The maximum Gasteiger partial charge on any atom is 0.250 e. The number of anilines is 2. The van der Waals surface area contributed by atoms with E-state index in [0.29, 0.717) is 13.2 Å². The second-order valence-corrected chi connectivity index (χ2v) is 9.19. The van der Waals surface area contributed by atoms with E-state index in [1.165, 1.54) is 0 Å². The smallest absolute Gasteiger partial charge is 0.250 e. The van der Waals surface area contributed by atoms with Crippen LogP contribution in [0.3, 0.4) is 0 Å². The number of pyridine rings is 1. The zero-order valence-corrected chi connectivity index (χ0v) is 19.9. The van der Waals surface area contributed by atoms with Gasteiger partial charge in [0.2, 0.25) is 5.56 Å². The molecule has 0 atom stereocenters. The molecule has 1 fully saturated rings. The van der Waals surface area contributed by atoms with Crippen LogP contribution >= 0.6 is 0 Å². The molecular formula is C27H32N4O3. The summed E-state index contributed by atoms with van der Waals surface area (Å²) < 4.78 is 11.9. The number of ether oxygens (including phenoxy) is 2. The number of benzene rings is 2. The van der Waals surface area contributed by atoms with Gasteiger partial charge in [0, 0.05) is 54.6 Å². The fourth-order valence-electron chi connectivity index (χ4n) is 4.60. The lowest BCUT2D eigenvalue weighted by molar-refractivity contribution is 0.122. The number of rotatable bonds is 7. The molecule has 7 heteroatoms. The molecule has 2 N–H and O–H groups in total. The van der Waals surface area contributed by atoms with Gasteiger partial charge in [0.05, 0.1) is 18.9 Å². The summed E-state index contributed by atoms with van der Waals surface area (Å²) in [7, 11) is 4.19. The second kappa shape index (κ2) is 9.91. The molecule has 34 heavy (non-hydrogen) atoms. The minimum atomic E-state index is -0.113. The Bertz CT molecular complexity index is 1210. The first-order chi connectivity index (χ1) is 16.6. The van der Waals surface area contributed by atoms with Gasteiger partial charge in [0.25, 0.3) is 0 Å². The maximum absolute atomic E-state index is 12.5. The predicted octanol–water partition coefficient (Wildman–Crippen LogP) is 3.94. The summed E-state index contributed by atoms with van der Waals surface area (Å²) in [4.78, 5) is 19.9. The number of hydrogen-bond donors (Lipinski definition) is 2. The fourth-order valence-corrected chi connectivity index (χ4v) is 4.60. The molecule has 2 aromatic carbocycles. The number of aromatic nitrogens is 1. The van der Waals surface area contributed by atoms with Crippen molar-refractivity contribution in [2.45, 2.75) is 12.8 Å². The van der Waals surface area contributed by atoms with Crippen LogP contribution in [0.25, 0.3) is 11.3 Å². The standard InChI is InChI=1S/C27H32N4O3/c1-30(2)10-4-9-28-21-7-8-25-20(16-21)15-19-5-3-6-23(27(19)34-25)24-17-22(18-26(32)29-24)31-11-13-33-14-12-31/h3,5-8,16-18,28H,4,9-15H2,1-2H3,(H,29,32). The van der Waals surface area contributed by atoms with Gasteiger partial charge in [-0.2, -0.15) is 0 Å². The molecule has 1 saturated heterocycles. The van der Waals surface area contributed by atoms with Crippen LogP contribution in [0, 0.1) is 0 Å². The van der Waals surface area contributed by atoms with Crippen LogP contribution in [0.1, 0.15) is 17.5 Å². The van der Waals surface area contributed by atoms with Crippen molar-refractivity contribution in [3.63, 3.8) is 0 Å². The summed E-state index contributed by atoms with van der Waals surface area (Å²) in [6, 6.07) is 16.1. The first kappa shape index (κ1) is 22.5. The summed E-state index contributed by atoms with van der Waals surface area (Å²) in [5, 5.41) is 3.52. The third-order valence-corrected chi connectivity index (χ3v) is 6.36. The van der Waals surface area contributed by atoms with Crippen LogP contribution in [0.5, 0.6) is 11.5 Å². The van der Waals surface area contributed by atoms with E-state index in [-0.39, 0.29) is 5.56 Å².